The van der Waals surface area contributed by atoms with E-state index in [9.17, 15) is 4.79 Å². The summed E-state index contributed by atoms with van der Waals surface area (Å²) < 4.78 is 7.92. The van der Waals surface area contributed by atoms with Crippen molar-refractivity contribution >= 4 is 16.7 Å². The summed E-state index contributed by atoms with van der Waals surface area (Å²) in [6.45, 7) is 2.93. The van der Waals surface area contributed by atoms with E-state index in [2.05, 4.69) is 24.2 Å². The molecule has 0 amide bonds. The lowest BCUT2D eigenvalue weighted by molar-refractivity contribution is -0.121. The number of ketones is 1. The molecule has 2 heterocycles. The number of aryl methyl sites for hydroxylation is 1. The van der Waals surface area contributed by atoms with Crippen molar-refractivity contribution in [1.29, 1.82) is 0 Å². The first-order chi connectivity index (χ1) is 11.3. The van der Waals surface area contributed by atoms with E-state index in [4.69, 9.17) is 4.74 Å². The largest absolute Gasteiger partial charge is 0.356 e. The second kappa shape index (κ2) is 6.08. The third kappa shape index (κ3) is 2.59. The van der Waals surface area contributed by atoms with Crippen LogP contribution in [0.1, 0.15) is 68.2 Å². The molecule has 4 nitrogen and oxygen atoms in total. The Balaban J connectivity index is 1.80. The molecule has 0 bridgehead atoms. The molecular formula is C19H24N2O2. The zero-order chi connectivity index (χ0) is 15.8. The third-order valence-corrected chi connectivity index (χ3v) is 5.37. The van der Waals surface area contributed by atoms with Gasteiger partial charge in [-0.05, 0) is 56.2 Å². The van der Waals surface area contributed by atoms with Crippen LogP contribution in [0.5, 0.6) is 0 Å². The van der Waals surface area contributed by atoms with E-state index in [1.54, 1.807) is 0 Å². The van der Waals surface area contributed by atoms with E-state index in [-0.39, 0.29) is 12.1 Å². The monoisotopic (exact) mass is 312 g/mol. The maximum atomic E-state index is 12.4. The lowest BCUT2D eigenvalue weighted by atomic mass is 9.80. The third-order valence-electron chi connectivity index (χ3n) is 5.37. The number of benzene rings is 1. The fourth-order valence-corrected chi connectivity index (χ4v) is 4.15. The maximum absolute atomic E-state index is 12.4. The number of fused-ring (bicyclic) bond motifs is 1. The second-order valence-corrected chi connectivity index (χ2v) is 6.90. The number of carbonyl (C=O) groups is 1. The predicted molar refractivity (Wildman–Crippen MR) is 89.5 cm³/mol. The van der Waals surface area contributed by atoms with Gasteiger partial charge < -0.3 is 4.74 Å². The number of rotatable bonds is 2. The Bertz CT molecular complexity index is 728. The molecule has 1 aromatic heterocycles. The van der Waals surface area contributed by atoms with Crippen LogP contribution in [-0.4, -0.2) is 22.2 Å². The van der Waals surface area contributed by atoms with Crippen LogP contribution >= 0.6 is 0 Å². The Morgan fingerprint density at radius 2 is 2.04 bits per heavy atom. The predicted octanol–water partition coefficient (Wildman–Crippen LogP) is 4.27. The fourth-order valence-electron chi connectivity index (χ4n) is 4.15. The van der Waals surface area contributed by atoms with Crippen molar-refractivity contribution in [2.45, 2.75) is 64.0 Å². The topological polar surface area (TPSA) is 44.1 Å². The standard InChI is InChI=1S/C19H24N2O2/c1-13-9-10-16-15(19(13)14-6-2-3-7-17(14)22)12-20-21(16)18-8-4-5-11-23-18/h9-10,12,14,18H,2-8,11H2,1H3. The van der Waals surface area contributed by atoms with Crippen molar-refractivity contribution in [2.75, 3.05) is 6.61 Å². The summed E-state index contributed by atoms with van der Waals surface area (Å²) in [6.07, 6.45) is 9.21. The minimum Gasteiger partial charge on any atom is -0.356 e. The lowest BCUT2D eigenvalue weighted by Gasteiger charge is -2.25. The van der Waals surface area contributed by atoms with Crippen LogP contribution in [0.4, 0.5) is 0 Å². The highest BCUT2D eigenvalue weighted by molar-refractivity contribution is 5.93. The first-order valence-electron chi connectivity index (χ1n) is 8.87. The van der Waals surface area contributed by atoms with Gasteiger partial charge in [-0.1, -0.05) is 12.5 Å². The van der Waals surface area contributed by atoms with Gasteiger partial charge in [0.2, 0.25) is 0 Å². The van der Waals surface area contributed by atoms with Crippen molar-refractivity contribution in [3.8, 4) is 0 Å². The normalized spacial score (nSPS) is 25.9. The molecule has 4 rings (SSSR count). The summed E-state index contributed by atoms with van der Waals surface area (Å²) in [5.41, 5.74) is 3.52. The van der Waals surface area contributed by atoms with Crippen LogP contribution in [0.15, 0.2) is 18.3 Å². The average molecular weight is 312 g/mol. The molecule has 1 aromatic carbocycles. The molecule has 1 saturated heterocycles. The molecule has 2 fully saturated rings. The summed E-state index contributed by atoms with van der Waals surface area (Å²) in [5.74, 6) is 0.450. The van der Waals surface area contributed by atoms with Gasteiger partial charge in [-0.3, -0.25) is 4.79 Å². The van der Waals surface area contributed by atoms with Gasteiger partial charge in [-0.25, -0.2) is 4.68 Å². The summed E-state index contributed by atoms with van der Waals surface area (Å²) in [6, 6.07) is 4.27. The van der Waals surface area contributed by atoms with E-state index in [0.29, 0.717) is 5.78 Å². The fraction of sp³-hybridized carbons (Fsp3) is 0.579. The Kier molecular flexibility index (Phi) is 3.93. The summed E-state index contributed by atoms with van der Waals surface area (Å²) >= 11 is 0. The first-order valence-corrected chi connectivity index (χ1v) is 8.87. The molecule has 0 N–H and O–H groups in total. The molecule has 23 heavy (non-hydrogen) atoms. The van der Waals surface area contributed by atoms with Crippen molar-refractivity contribution in [2.24, 2.45) is 0 Å². The molecular weight excluding hydrogens is 288 g/mol. The van der Waals surface area contributed by atoms with Crippen molar-refractivity contribution in [1.82, 2.24) is 9.78 Å². The second-order valence-electron chi connectivity index (χ2n) is 6.90. The minimum absolute atomic E-state index is 0.0406. The first kappa shape index (κ1) is 14.9. The SMILES string of the molecule is Cc1ccc2c(cnn2C2CCCCO2)c1C1CCCCC1=O. The number of Topliss-reactive ketones (excluding diaryl/α,β-unsaturated/α-hetero) is 1. The number of nitrogens with zero attached hydrogens (tertiary/aromatic N) is 2. The van der Waals surface area contributed by atoms with Crippen molar-refractivity contribution in [3.63, 3.8) is 0 Å². The molecule has 0 spiro atoms. The molecule has 0 radical (unpaired) electrons. The zero-order valence-corrected chi connectivity index (χ0v) is 13.8. The number of hydrogen-bond acceptors (Lipinski definition) is 3. The number of aromatic nitrogens is 2. The van der Waals surface area contributed by atoms with Crippen LogP contribution in [-0.2, 0) is 9.53 Å². The quantitative estimate of drug-likeness (QED) is 0.831. The highest BCUT2D eigenvalue weighted by atomic mass is 16.5. The molecule has 1 aliphatic carbocycles. The molecule has 1 aliphatic heterocycles. The summed E-state index contributed by atoms with van der Waals surface area (Å²) in [4.78, 5) is 12.4. The molecule has 4 heteroatoms. The molecule has 1 saturated carbocycles. The zero-order valence-electron chi connectivity index (χ0n) is 13.8. The van der Waals surface area contributed by atoms with Gasteiger partial charge in [-0.15, -0.1) is 0 Å². The van der Waals surface area contributed by atoms with E-state index in [1.807, 2.05) is 10.9 Å². The van der Waals surface area contributed by atoms with Crippen LogP contribution in [0, 0.1) is 6.92 Å². The lowest BCUT2D eigenvalue weighted by Crippen LogP contribution is -2.19. The van der Waals surface area contributed by atoms with E-state index >= 15 is 0 Å². The van der Waals surface area contributed by atoms with Crippen LogP contribution < -0.4 is 0 Å². The Morgan fingerprint density at radius 3 is 2.83 bits per heavy atom. The Morgan fingerprint density at radius 1 is 1.17 bits per heavy atom. The van der Waals surface area contributed by atoms with Crippen molar-refractivity contribution in [3.05, 3.63) is 29.5 Å². The van der Waals surface area contributed by atoms with E-state index in [1.165, 1.54) is 17.5 Å². The molecule has 122 valence electrons. The van der Waals surface area contributed by atoms with Gasteiger partial charge in [0.25, 0.3) is 0 Å². The maximum Gasteiger partial charge on any atom is 0.150 e. The van der Waals surface area contributed by atoms with Crippen LogP contribution in [0.2, 0.25) is 0 Å². The van der Waals surface area contributed by atoms with Crippen LogP contribution in [0.3, 0.4) is 0 Å². The van der Waals surface area contributed by atoms with Gasteiger partial charge in [0.15, 0.2) is 6.23 Å². The van der Waals surface area contributed by atoms with Crippen LogP contribution in [0.25, 0.3) is 10.9 Å². The smallest absolute Gasteiger partial charge is 0.150 e. The molecule has 2 unspecified atom stereocenters. The van der Waals surface area contributed by atoms with E-state index in [0.717, 1.165) is 56.0 Å². The highest BCUT2D eigenvalue weighted by Crippen LogP contribution is 2.37. The van der Waals surface area contributed by atoms with Gasteiger partial charge in [0.1, 0.15) is 5.78 Å². The minimum atomic E-state index is 0.0406. The summed E-state index contributed by atoms with van der Waals surface area (Å²) in [7, 11) is 0. The average Bonchev–Trinajstić information content (AvgIpc) is 3.00. The van der Waals surface area contributed by atoms with Gasteiger partial charge in [0.05, 0.1) is 11.7 Å². The highest BCUT2D eigenvalue weighted by Gasteiger charge is 2.28. The Labute approximate surface area is 136 Å². The number of hydrogen-bond donors (Lipinski definition) is 0. The molecule has 2 aromatic rings. The molecule has 2 aliphatic rings. The number of carbonyl (C=O) groups excluding carboxylic acids is 1. The van der Waals surface area contributed by atoms with Gasteiger partial charge >= 0.3 is 0 Å². The van der Waals surface area contributed by atoms with Gasteiger partial charge in [-0.2, -0.15) is 5.10 Å². The van der Waals surface area contributed by atoms with Crippen molar-refractivity contribution < 1.29 is 9.53 Å². The van der Waals surface area contributed by atoms with E-state index < -0.39 is 0 Å². The molecule has 2 atom stereocenters. The summed E-state index contributed by atoms with van der Waals surface area (Å²) in [5, 5.41) is 5.76. The number of ether oxygens (including phenoxy) is 1. The van der Waals surface area contributed by atoms with Gasteiger partial charge in [0, 0.05) is 24.3 Å². The Hall–Kier alpha value is -1.68.